The van der Waals surface area contributed by atoms with Gasteiger partial charge in [0.15, 0.2) is 5.96 Å². The van der Waals surface area contributed by atoms with Crippen molar-refractivity contribution in [2.45, 2.75) is 33.9 Å². The molecule has 2 N–H and O–H groups in total. The number of benzene rings is 1. The van der Waals surface area contributed by atoms with Crippen LogP contribution in [0.25, 0.3) is 0 Å². The Kier molecular flexibility index (Phi) is 10.7. The summed E-state index contributed by atoms with van der Waals surface area (Å²) in [4.78, 5) is 8.96. The van der Waals surface area contributed by atoms with Crippen LogP contribution >= 0.6 is 24.0 Å². The fourth-order valence-corrected chi connectivity index (χ4v) is 2.19. The molecule has 0 aliphatic rings. The topological polar surface area (TPSA) is 58.5 Å². The maximum atomic E-state index is 5.78. The third-order valence-electron chi connectivity index (χ3n) is 3.41. The number of rotatable bonds is 8. The molecule has 142 valence electrons. The molecule has 0 fully saturated rings. The number of aliphatic imine (C=N–C) groups is 1. The van der Waals surface area contributed by atoms with Crippen molar-refractivity contribution >= 4 is 29.9 Å². The Morgan fingerprint density at radius 1 is 1.15 bits per heavy atom. The Balaban J connectivity index is 0.00000338. The van der Waals surface area contributed by atoms with Gasteiger partial charge in [0.05, 0.1) is 25.4 Å². The van der Waals surface area contributed by atoms with Crippen molar-refractivity contribution in [1.29, 1.82) is 0 Å². The molecule has 1 heterocycles. The molecule has 1 aromatic carbocycles. The lowest BCUT2D eigenvalue weighted by atomic mass is 10.2. The summed E-state index contributed by atoms with van der Waals surface area (Å²) in [6, 6.07) is 14.0. The summed E-state index contributed by atoms with van der Waals surface area (Å²) in [5, 5.41) is 6.56. The number of hydrogen-bond acceptors (Lipinski definition) is 3. The highest BCUT2D eigenvalue weighted by molar-refractivity contribution is 14.0. The number of pyridine rings is 1. The molecule has 0 saturated heterocycles. The molecule has 1 aromatic heterocycles. The minimum Gasteiger partial charge on any atom is -0.493 e. The highest BCUT2D eigenvalue weighted by Crippen LogP contribution is 2.15. The lowest BCUT2D eigenvalue weighted by Gasteiger charge is -2.12. The van der Waals surface area contributed by atoms with Crippen LogP contribution in [0.2, 0.25) is 0 Å². The molecule has 0 spiro atoms. The molecule has 0 unspecified atom stereocenters. The van der Waals surface area contributed by atoms with Crippen molar-refractivity contribution in [2.75, 3.05) is 13.2 Å². The molecule has 0 aliphatic carbocycles. The van der Waals surface area contributed by atoms with Gasteiger partial charge in [-0.2, -0.15) is 0 Å². The van der Waals surface area contributed by atoms with Crippen LogP contribution in [0.3, 0.4) is 0 Å². The van der Waals surface area contributed by atoms with E-state index in [1.54, 1.807) is 6.20 Å². The largest absolute Gasteiger partial charge is 0.493 e. The Bertz CT molecular complexity index is 662. The minimum atomic E-state index is 0. The van der Waals surface area contributed by atoms with Gasteiger partial charge in [-0.05, 0) is 42.7 Å². The Hall–Kier alpha value is -1.83. The number of nitrogens with zero attached hydrogens (tertiary/aromatic N) is 2. The van der Waals surface area contributed by atoms with Crippen LogP contribution in [-0.4, -0.2) is 24.1 Å². The summed E-state index contributed by atoms with van der Waals surface area (Å²) in [7, 11) is 0. The van der Waals surface area contributed by atoms with Gasteiger partial charge in [-0.3, -0.25) is 4.98 Å². The first-order valence-electron chi connectivity index (χ1n) is 8.81. The van der Waals surface area contributed by atoms with Gasteiger partial charge < -0.3 is 15.4 Å². The zero-order chi connectivity index (χ0) is 17.9. The van der Waals surface area contributed by atoms with Crippen LogP contribution in [-0.2, 0) is 13.1 Å². The van der Waals surface area contributed by atoms with E-state index in [4.69, 9.17) is 4.74 Å². The van der Waals surface area contributed by atoms with E-state index in [0.717, 1.165) is 36.1 Å². The van der Waals surface area contributed by atoms with Gasteiger partial charge in [0, 0.05) is 12.7 Å². The van der Waals surface area contributed by atoms with E-state index in [2.05, 4.69) is 47.4 Å². The molecule has 0 saturated carbocycles. The molecule has 0 amide bonds. The van der Waals surface area contributed by atoms with E-state index in [-0.39, 0.29) is 24.0 Å². The van der Waals surface area contributed by atoms with E-state index >= 15 is 0 Å². The van der Waals surface area contributed by atoms with Crippen LogP contribution in [0.15, 0.2) is 53.7 Å². The van der Waals surface area contributed by atoms with Crippen molar-refractivity contribution in [1.82, 2.24) is 15.6 Å². The first-order chi connectivity index (χ1) is 12.2. The molecular weight excluding hydrogens is 439 g/mol. The number of ether oxygens (including phenoxy) is 1. The minimum absolute atomic E-state index is 0. The van der Waals surface area contributed by atoms with Gasteiger partial charge in [-0.25, -0.2) is 4.99 Å². The van der Waals surface area contributed by atoms with Crippen LogP contribution < -0.4 is 15.4 Å². The summed E-state index contributed by atoms with van der Waals surface area (Å²) in [5.74, 6) is 2.19. The second kappa shape index (κ2) is 12.5. The first-order valence-corrected chi connectivity index (χ1v) is 8.81. The summed E-state index contributed by atoms with van der Waals surface area (Å²) < 4.78 is 5.78. The molecule has 2 rings (SSSR count). The van der Waals surface area contributed by atoms with Gasteiger partial charge in [-0.15, -0.1) is 24.0 Å². The standard InChI is InChI=1S/C20H28N4O.HI/c1-4-21-20(24-14-18-9-5-6-11-22-18)23-13-17-8-7-10-19(12-17)25-15-16(2)3;/h5-12,16H,4,13-15H2,1-3H3,(H2,21,23,24);1H. The van der Waals surface area contributed by atoms with Gasteiger partial charge in [0.2, 0.25) is 0 Å². The van der Waals surface area contributed by atoms with E-state index in [9.17, 15) is 0 Å². The maximum absolute atomic E-state index is 5.78. The van der Waals surface area contributed by atoms with Crippen LogP contribution in [0.5, 0.6) is 5.75 Å². The molecule has 0 aliphatic heterocycles. The highest BCUT2D eigenvalue weighted by atomic mass is 127. The number of hydrogen-bond donors (Lipinski definition) is 2. The Morgan fingerprint density at radius 3 is 2.69 bits per heavy atom. The second-order valence-electron chi connectivity index (χ2n) is 6.22. The first kappa shape index (κ1) is 22.2. The Morgan fingerprint density at radius 2 is 2.00 bits per heavy atom. The van der Waals surface area contributed by atoms with Crippen LogP contribution in [0.1, 0.15) is 32.0 Å². The molecule has 2 aromatic rings. The lowest BCUT2D eigenvalue weighted by molar-refractivity contribution is 0.271. The third-order valence-corrected chi connectivity index (χ3v) is 3.41. The summed E-state index contributed by atoms with van der Waals surface area (Å²) in [6.07, 6.45) is 1.80. The third kappa shape index (κ3) is 8.51. The number of halogens is 1. The highest BCUT2D eigenvalue weighted by Gasteiger charge is 2.01. The van der Waals surface area contributed by atoms with Crippen molar-refractivity contribution < 1.29 is 4.74 Å². The number of guanidine groups is 1. The van der Waals surface area contributed by atoms with Crippen LogP contribution in [0.4, 0.5) is 0 Å². The predicted molar refractivity (Wildman–Crippen MR) is 118 cm³/mol. The molecule has 0 atom stereocenters. The second-order valence-corrected chi connectivity index (χ2v) is 6.22. The van der Waals surface area contributed by atoms with E-state index in [1.165, 1.54) is 0 Å². The fraction of sp³-hybridized carbons (Fsp3) is 0.400. The van der Waals surface area contributed by atoms with E-state index in [0.29, 0.717) is 19.0 Å². The van der Waals surface area contributed by atoms with E-state index < -0.39 is 0 Å². The SMILES string of the molecule is CCNC(=NCc1cccc(OCC(C)C)c1)NCc1ccccn1.I. The molecule has 26 heavy (non-hydrogen) atoms. The zero-order valence-electron chi connectivity index (χ0n) is 15.7. The molecular formula is C20H29IN4O. The van der Waals surface area contributed by atoms with Crippen molar-refractivity contribution in [2.24, 2.45) is 10.9 Å². The lowest BCUT2D eigenvalue weighted by Crippen LogP contribution is -2.36. The smallest absolute Gasteiger partial charge is 0.191 e. The molecule has 5 nitrogen and oxygen atoms in total. The normalized spacial score (nSPS) is 11.0. The monoisotopic (exact) mass is 468 g/mol. The van der Waals surface area contributed by atoms with Gasteiger partial charge >= 0.3 is 0 Å². The summed E-state index contributed by atoms with van der Waals surface area (Å²) in [6.45, 7) is 9.11. The number of aromatic nitrogens is 1. The zero-order valence-corrected chi connectivity index (χ0v) is 18.1. The molecule has 0 radical (unpaired) electrons. The maximum Gasteiger partial charge on any atom is 0.191 e. The van der Waals surface area contributed by atoms with Crippen molar-refractivity contribution in [3.05, 3.63) is 59.9 Å². The summed E-state index contributed by atoms with van der Waals surface area (Å²) in [5.41, 5.74) is 2.11. The van der Waals surface area contributed by atoms with E-state index in [1.807, 2.05) is 36.4 Å². The van der Waals surface area contributed by atoms with Crippen LogP contribution in [0, 0.1) is 5.92 Å². The number of nitrogens with one attached hydrogen (secondary N) is 2. The molecule has 6 heteroatoms. The van der Waals surface area contributed by atoms with Gasteiger partial charge in [0.25, 0.3) is 0 Å². The van der Waals surface area contributed by atoms with Crippen molar-refractivity contribution in [3.63, 3.8) is 0 Å². The van der Waals surface area contributed by atoms with Gasteiger partial charge in [-0.1, -0.05) is 32.0 Å². The quantitative estimate of drug-likeness (QED) is 0.350. The predicted octanol–water partition coefficient (Wildman–Crippen LogP) is 3.99. The van der Waals surface area contributed by atoms with Crippen molar-refractivity contribution in [3.8, 4) is 5.75 Å². The average Bonchev–Trinajstić information content (AvgIpc) is 2.63. The fourth-order valence-electron chi connectivity index (χ4n) is 2.19. The molecule has 0 bridgehead atoms. The summed E-state index contributed by atoms with van der Waals surface area (Å²) >= 11 is 0. The Labute approximate surface area is 173 Å². The van der Waals surface area contributed by atoms with Gasteiger partial charge in [0.1, 0.15) is 5.75 Å². The average molecular weight is 468 g/mol.